The molecule has 0 unspecified atom stereocenters. The molecule has 0 saturated carbocycles. The molecule has 30 heavy (non-hydrogen) atoms. The fourth-order valence-corrected chi connectivity index (χ4v) is 3.47. The molecule has 2 aliphatic rings. The Bertz CT molecular complexity index is 1050. The molecule has 1 N–H and O–H groups in total. The van der Waals surface area contributed by atoms with Gasteiger partial charge in [-0.05, 0) is 44.2 Å². The summed E-state index contributed by atoms with van der Waals surface area (Å²) in [6, 6.07) is 10.8. The van der Waals surface area contributed by atoms with Gasteiger partial charge >= 0.3 is 0 Å². The van der Waals surface area contributed by atoms with E-state index in [4.69, 9.17) is 18.9 Å². The Morgan fingerprint density at radius 1 is 1.23 bits per heavy atom. The van der Waals surface area contributed by atoms with Gasteiger partial charge in [0.05, 0.1) is 6.61 Å². The van der Waals surface area contributed by atoms with Crippen molar-refractivity contribution in [3.8, 4) is 29.1 Å². The fraction of sp³-hybridized carbons (Fsp3) is 0.304. The van der Waals surface area contributed by atoms with Crippen LogP contribution in [0.3, 0.4) is 0 Å². The normalized spacial score (nSPS) is 16.8. The van der Waals surface area contributed by atoms with Crippen molar-refractivity contribution in [3.63, 3.8) is 0 Å². The molecule has 0 saturated heterocycles. The predicted octanol–water partition coefficient (Wildman–Crippen LogP) is 3.73. The standard InChI is InChI=1S/C23H22N2O5/c1-3-27-20-10-15-8-14(2)30-21(15)11-16(20)9-17(13-24)23(26)25-18-4-5-19-22(12-18)29-7-6-28-19/h4-5,9-12,14H,3,6-8H2,1-2H3,(H,25,26)/b17-9+/t14-/m0/s1. The van der Waals surface area contributed by atoms with Gasteiger partial charge in [-0.2, -0.15) is 5.26 Å². The minimum Gasteiger partial charge on any atom is -0.493 e. The maximum Gasteiger partial charge on any atom is 0.266 e. The number of anilines is 1. The predicted molar refractivity (Wildman–Crippen MR) is 111 cm³/mol. The Hall–Kier alpha value is -3.66. The van der Waals surface area contributed by atoms with E-state index in [1.807, 2.05) is 32.0 Å². The van der Waals surface area contributed by atoms with Crippen molar-refractivity contribution in [2.75, 3.05) is 25.1 Å². The van der Waals surface area contributed by atoms with Crippen molar-refractivity contribution in [2.24, 2.45) is 0 Å². The highest BCUT2D eigenvalue weighted by Gasteiger charge is 2.22. The van der Waals surface area contributed by atoms with Gasteiger partial charge in [-0.25, -0.2) is 0 Å². The molecular weight excluding hydrogens is 384 g/mol. The average Bonchev–Trinajstić information content (AvgIpc) is 3.10. The molecule has 2 aliphatic heterocycles. The summed E-state index contributed by atoms with van der Waals surface area (Å²) < 4.78 is 22.6. The van der Waals surface area contributed by atoms with Crippen LogP contribution in [0.5, 0.6) is 23.0 Å². The summed E-state index contributed by atoms with van der Waals surface area (Å²) in [6.45, 7) is 5.30. The van der Waals surface area contributed by atoms with Gasteiger partial charge in [0.1, 0.15) is 42.5 Å². The fourth-order valence-electron chi connectivity index (χ4n) is 3.47. The number of rotatable bonds is 5. The molecule has 0 fully saturated rings. The summed E-state index contributed by atoms with van der Waals surface area (Å²) in [7, 11) is 0. The summed E-state index contributed by atoms with van der Waals surface area (Å²) in [5.74, 6) is 2.04. The number of fused-ring (bicyclic) bond motifs is 2. The smallest absolute Gasteiger partial charge is 0.266 e. The third kappa shape index (κ3) is 4.03. The Morgan fingerprint density at radius 3 is 2.80 bits per heavy atom. The number of hydrogen-bond acceptors (Lipinski definition) is 6. The van der Waals surface area contributed by atoms with Crippen LogP contribution in [0, 0.1) is 11.3 Å². The summed E-state index contributed by atoms with van der Waals surface area (Å²) in [4.78, 5) is 12.7. The van der Waals surface area contributed by atoms with Crippen LogP contribution in [0.4, 0.5) is 5.69 Å². The van der Waals surface area contributed by atoms with Crippen molar-refractivity contribution in [1.82, 2.24) is 0 Å². The van der Waals surface area contributed by atoms with Crippen LogP contribution in [0.15, 0.2) is 35.9 Å². The number of ether oxygens (including phenoxy) is 4. The summed E-state index contributed by atoms with van der Waals surface area (Å²) in [6.07, 6.45) is 2.41. The minimum atomic E-state index is -0.522. The van der Waals surface area contributed by atoms with E-state index in [9.17, 15) is 10.1 Å². The number of nitrogens with zero attached hydrogens (tertiary/aromatic N) is 1. The molecule has 7 nitrogen and oxygen atoms in total. The zero-order valence-electron chi connectivity index (χ0n) is 16.9. The van der Waals surface area contributed by atoms with Crippen LogP contribution in [0.2, 0.25) is 0 Å². The summed E-state index contributed by atoms with van der Waals surface area (Å²) in [5.41, 5.74) is 2.15. The molecule has 1 amide bonds. The highest BCUT2D eigenvalue weighted by molar-refractivity contribution is 6.10. The quantitative estimate of drug-likeness (QED) is 0.601. The van der Waals surface area contributed by atoms with Crippen molar-refractivity contribution in [2.45, 2.75) is 26.4 Å². The lowest BCUT2D eigenvalue weighted by atomic mass is 10.0. The number of carbonyl (C=O) groups excluding carboxylic acids is 1. The van der Waals surface area contributed by atoms with Gasteiger partial charge in [0.15, 0.2) is 11.5 Å². The van der Waals surface area contributed by atoms with E-state index < -0.39 is 5.91 Å². The van der Waals surface area contributed by atoms with Gasteiger partial charge in [-0.15, -0.1) is 0 Å². The van der Waals surface area contributed by atoms with Crippen LogP contribution in [0.1, 0.15) is 25.0 Å². The zero-order chi connectivity index (χ0) is 21.1. The Balaban J connectivity index is 1.60. The number of nitrogens with one attached hydrogen (secondary N) is 1. The number of benzene rings is 2. The van der Waals surface area contributed by atoms with Gasteiger partial charge in [-0.3, -0.25) is 4.79 Å². The zero-order valence-corrected chi connectivity index (χ0v) is 16.9. The molecule has 0 spiro atoms. The number of amides is 1. The molecule has 154 valence electrons. The van der Waals surface area contributed by atoms with E-state index >= 15 is 0 Å². The largest absolute Gasteiger partial charge is 0.493 e. The molecule has 0 aliphatic carbocycles. The first kappa shape index (κ1) is 19.6. The number of nitriles is 1. The topological polar surface area (TPSA) is 89.8 Å². The lowest BCUT2D eigenvalue weighted by molar-refractivity contribution is -0.112. The Morgan fingerprint density at radius 2 is 2.03 bits per heavy atom. The Labute approximate surface area is 174 Å². The van der Waals surface area contributed by atoms with E-state index in [1.165, 1.54) is 6.08 Å². The highest BCUT2D eigenvalue weighted by atomic mass is 16.6. The van der Waals surface area contributed by atoms with Crippen LogP contribution < -0.4 is 24.3 Å². The maximum atomic E-state index is 12.7. The number of hydrogen-bond donors (Lipinski definition) is 1. The van der Waals surface area contributed by atoms with Crippen molar-refractivity contribution in [3.05, 3.63) is 47.0 Å². The van der Waals surface area contributed by atoms with Gasteiger partial charge in [0.25, 0.3) is 5.91 Å². The minimum absolute atomic E-state index is 0.0446. The van der Waals surface area contributed by atoms with E-state index in [-0.39, 0.29) is 11.7 Å². The molecular formula is C23H22N2O5. The first-order valence-electron chi connectivity index (χ1n) is 9.86. The number of carbonyl (C=O) groups is 1. The Kier molecular flexibility index (Phi) is 5.48. The summed E-state index contributed by atoms with van der Waals surface area (Å²) in [5, 5.41) is 12.3. The van der Waals surface area contributed by atoms with Crippen LogP contribution in [-0.2, 0) is 11.2 Å². The molecule has 0 bridgehead atoms. The van der Waals surface area contributed by atoms with Gasteiger partial charge in [0.2, 0.25) is 0 Å². The SMILES string of the molecule is CCOc1cc2c(cc1/C=C(\C#N)C(=O)Nc1ccc3c(c1)OCCO3)O[C@@H](C)C2. The van der Waals surface area contributed by atoms with E-state index in [2.05, 4.69) is 5.32 Å². The van der Waals surface area contributed by atoms with E-state index in [0.29, 0.717) is 48.3 Å². The lowest BCUT2D eigenvalue weighted by Crippen LogP contribution is -2.17. The van der Waals surface area contributed by atoms with Crippen molar-refractivity contribution in [1.29, 1.82) is 5.26 Å². The molecule has 2 aromatic rings. The average molecular weight is 406 g/mol. The highest BCUT2D eigenvalue weighted by Crippen LogP contribution is 2.36. The van der Waals surface area contributed by atoms with E-state index in [1.54, 1.807) is 18.2 Å². The molecule has 4 rings (SSSR count). The monoisotopic (exact) mass is 406 g/mol. The van der Waals surface area contributed by atoms with Crippen molar-refractivity contribution < 1.29 is 23.7 Å². The molecule has 0 aromatic heterocycles. The maximum absolute atomic E-state index is 12.7. The molecule has 2 heterocycles. The van der Waals surface area contributed by atoms with Gasteiger partial charge in [0, 0.05) is 29.3 Å². The van der Waals surface area contributed by atoms with Gasteiger partial charge < -0.3 is 24.3 Å². The molecule has 0 radical (unpaired) electrons. The first-order chi connectivity index (χ1) is 14.6. The second-order valence-corrected chi connectivity index (χ2v) is 7.05. The second kappa shape index (κ2) is 8.37. The van der Waals surface area contributed by atoms with Gasteiger partial charge in [-0.1, -0.05) is 0 Å². The first-order valence-corrected chi connectivity index (χ1v) is 9.86. The lowest BCUT2D eigenvalue weighted by Gasteiger charge is -2.19. The third-order valence-corrected chi connectivity index (χ3v) is 4.79. The molecule has 2 aromatic carbocycles. The summed E-state index contributed by atoms with van der Waals surface area (Å²) >= 11 is 0. The van der Waals surface area contributed by atoms with Crippen LogP contribution >= 0.6 is 0 Å². The van der Waals surface area contributed by atoms with Crippen LogP contribution in [-0.4, -0.2) is 31.8 Å². The van der Waals surface area contributed by atoms with E-state index in [0.717, 1.165) is 17.7 Å². The third-order valence-electron chi connectivity index (χ3n) is 4.79. The molecule has 1 atom stereocenters. The second-order valence-electron chi connectivity index (χ2n) is 7.05. The van der Waals surface area contributed by atoms with Crippen molar-refractivity contribution >= 4 is 17.7 Å². The van der Waals surface area contributed by atoms with Crippen LogP contribution in [0.25, 0.3) is 6.08 Å². The molecule has 7 heteroatoms.